The van der Waals surface area contributed by atoms with Gasteiger partial charge in [0.05, 0.1) is 10.1 Å². The molecule has 0 radical (unpaired) electrons. The summed E-state index contributed by atoms with van der Waals surface area (Å²) in [6.07, 6.45) is 0.992. The highest BCUT2D eigenvalue weighted by Crippen LogP contribution is 2.32. The molecule has 1 unspecified atom stereocenters. The van der Waals surface area contributed by atoms with Gasteiger partial charge >= 0.3 is 0 Å². The second-order valence-corrected chi connectivity index (χ2v) is 6.21. The molecule has 1 aliphatic heterocycles. The first-order valence-corrected chi connectivity index (χ1v) is 6.77. The highest BCUT2D eigenvalue weighted by atomic mass is 32.2. The molecular weight excluding hydrogens is 229 g/mol. The molecule has 2 rings (SSSR count). The topological polar surface area (TPSA) is 46.2 Å². The summed E-state index contributed by atoms with van der Waals surface area (Å²) in [6.45, 7) is 0.653. The van der Waals surface area contributed by atoms with Crippen LogP contribution in [0.4, 0.5) is 4.39 Å². The van der Waals surface area contributed by atoms with Crippen LogP contribution in [-0.4, -0.2) is 27.3 Å². The predicted octanol–water partition coefficient (Wildman–Crippen LogP) is 1.13. The van der Waals surface area contributed by atoms with Crippen LogP contribution in [0.1, 0.15) is 12.0 Å². The normalized spacial score (nSPS) is 22.0. The Bertz CT molecular complexity index is 499. The van der Waals surface area contributed by atoms with Gasteiger partial charge in [-0.1, -0.05) is 0 Å². The minimum atomic E-state index is -3.24. The van der Waals surface area contributed by atoms with E-state index in [0.717, 1.165) is 0 Å². The van der Waals surface area contributed by atoms with E-state index in [-0.39, 0.29) is 5.82 Å². The van der Waals surface area contributed by atoms with Gasteiger partial charge in [-0.15, -0.1) is 0 Å². The number of halogens is 1. The number of fused-ring (bicyclic) bond motifs is 1. The van der Waals surface area contributed by atoms with Crippen molar-refractivity contribution in [3.8, 4) is 0 Å². The summed E-state index contributed by atoms with van der Waals surface area (Å²) in [5.74, 6) is -0.372. The van der Waals surface area contributed by atoms with Crippen LogP contribution in [0.15, 0.2) is 23.1 Å². The fourth-order valence-electron chi connectivity index (χ4n) is 2.08. The minimum Gasteiger partial charge on any atom is -0.320 e. The van der Waals surface area contributed by atoms with E-state index in [1.807, 2.05) is 0 Å². The van der Waals surface area contributed by atoms with Gasteiger partial charge in [0.2, 0.25) is 0 Å². The van der Waals surface area contributed by atoms with Crippen LogP contribution >= 0.6 is 0 Å². The lowest BCUT2D eigenvalue weighted by Crippen LogP contribution is -2.22. The second kappa shape index (κ2) is 4.14. The molecule has 1 aromatic rings. The highest BCUT2D eigenvalue weighted by Gasteiger charge is 2.36. The van der Waals surface area contributed by atoms with E-state index in [4.69, 9.17) is 0 Å². The summed E-state index contributed by atoms with van der Waals surface area (Å²) in [5.41, 5.74) is 0.612. The lowest BCUT2D eigenvalue weighted by Gasteiger charge is -2.08. The first kappa shape index (κ1) is 11.5. The van der Waals surface area contributed by atoms with Crippen molar-refractivity contribution < 1.29 is 12.8 Å². The molecule has 88 valence electrons. The van der Waals surface area contributed by atoms with Crippen molar-refractivity contribution in [3.05, 3.63) is 29.6 Å². The summed E-state index contributed by atoms with van der Waals surface area (Å²) < 4.78 is 37.1. The van der Waals surface area contributed by atoms with Gasteiger partial charge in [0, 0.05) is 0 Å². The van der Waals surface area contributed by atoms with Crippen LogP contribution in [-0.2, 0) is 16.3 Å². The SMILES string of the molecule is CNCCC1Cc2cc(F)ccc2S1(=O)=O. The van der Waals surface area contributed by atoms with E-state index in [2.05, 4.69) is 5.32 Å². The molecule has 0 spiro atoms. The molecule has 0 fully saturated rings. The van der Waals surface area contributed by atoms with E-state index >= 15 is 0 Å². The Morgan fingerprint density at radius 1 is 1.50 bits per heavy atom. The maximum atomic E-state index is 13.0. The molecular formula is C11H14FNO2S. The zero-order valence-corrected chi connectivity index (χ0v) is 9.85. The Kier molecular flexibility index (Phi) is 2.99. The maximum absolute atomic E-state index is 13.0. The molecule has 1 aromatic carbocycles. The molecule has 1 aliphatic rings. The maximum Gasteiger partial charge on any atom is 0.181 e. The summed E-state index contributed by atoms with van der Waals surface area (Å²) in [5, 5.41) is 2.53. The van der Waals surface area contributed by atoms with E-state index in [9.17, 15) is 12.8 Å². The van der Waals surface area contributed by atoms with Crippen molar-refractivity contribution in [2.75, 3.05) is 13.6 Å². The monoisotopic (exact) mass is 243 g/mol. The van der Waals surface area contributed by atoms with Crippen LogP contribution in [0.2, 0.25) is 0 Å². The van der Waals surface area contributed by atoms with Gasteiger partial charge in [-0.3, -0.25) is 0 Å². The molecule has 1 heterocycles. The first-order valence-electron chi connectivity index (χ1n) is 5.22. The third kappa shape index (κ3) is 1.85. The van der Waals surface area contributed by atoms with E-state index in [1.165, 1.54) is 18.2 Å². The fourth-order valence-corrected chi connectivity index (χ4v) is 4.03. The Hall–Kier alpha value is -0.940. The van der Waals surface area contributed by atoms with E-state index in [1.54, 1.807) is 7.05 Å². The molecule has 0 aromatic heterocycles. The Labute approximate surface area is 94.6 Å². The standard InChI is InChI=1S/C11H14FNO2S/c1-13-5-4-10-7-8-6-9(12)2-3-11(8)16(10,14)15/h2-3,6,10,13H,4-5,7H2,1H3. The minimum absolute atomic E-state index is 0.301. The number of hydrogen-bond donors (Lipinski definition) is 1. The molecule has 0 amide bonds. The van der Waals surface area contributed by atoms with Crippen molar-refractivity contribution in [1.29, 1.82) is 0 Å². The first-order chi connectivity index (χ1) is 7.55. The third-order valence-corrected chi connectivity index (χ3v) is 5.22. The average molecular weight is 243 g/mol. The lowest BCUT2D eigenvalue weighted by molar-refractivity contribution is 0.575. The number of sulfone groups is 1. The number of rotatable bonds is 3. The Balaban J connectivity index is 2.34. The molecule has 16 heavy (non-hydrogen) atoms. The Morgan fingerprint density at radius 2 is 2.25 bits per heavy atom. The summed E-state index contributed by atoms with van der Waals surface area (Å²) in [7, 11) is -1.46. The van der Waals surface area contributed by atoms with Crippen molar-refractivity contribution in [3.63, 3.8) is 0 Å². The average Bonchev–Trinajstić information content (AvgIpc) is 2.47. The molecule has 1 atom stereocenters. The van der Waals surface area contributed by atoms with Crippen LogP contribution in [0, 0.1) is 5.82 Å². The third-order valence-electron chi connectivity index (χ3n) is 2.93. The Morgan fingerprint density at radius 3 is 2.94 bits per heavy atom. The molecule has 0 saturated heterocycles. The number of hydrogen-bond acceptors (Lipinski definition) is 3. The van der Waals surface area contributed by atoms with Crippen LogP contribution in [0.3, 0.4) is 0 Å². The van der Waals surface area contributed by atoms with Crippen LogP contribution in [0.25, 0.3) is 0 Å². The molecule has 3 nitrogen and oxygen atoms in total. The molecule has 1 N–H and O–H groups in total. The summed E-state index contributed by atoms with van der Waals surface area (Å²) in [6, 6.07) is 3.91. The zero-order chi connectivity index (χ0) is 11.8. The molecule has 0 aliphatic carbocycles. The van der Waals surface area contributed by atoms with Gasteiger partial charge < -0.3 is 5.32 Å². The largest absolute Gasteiger partial charge is 0.320 e. The highest BCUT2D eigenvalue weighted by molar-refractivity contribution is 7.92. The van der Waals surface area contributed by atoms with Crippen molar-refractivity contribution in [2.24, 2.45) is 0 Å². The number of benzene rings is 1. The summed E-state index contributed by atoms with van der Waals surface area (Å²) >= 11 is 0. The predicted molar refractivity (Wildman–Crippen MR) is 59.6 cm³/mol. The van der Waals surface area contributed by atoms with Crippen molar-refractivity contribution in [2.45, 2.75) is 23.0 Å². The van der Waals surface area contributed by atoms with E-state index < -0.39 is 15.1 Å². The van der Waals surface area contributed by atoms with Crippen molar-refractivity contribution >= 4 is 9.84 Å². The zero-order valence-electron chi connectivity index (χ0n) is 9.03. The van der Waals surface area contributed by atoms with E-state index in [0.29, 0.717) is 29.8 Å². The molecule has 0 saturated carbocycles. The molecule has 5 heteroatoms. The lowest BCUT2D eigenvalue weighted by atomic mass is 10.1. The van der Waals surface area contributed by atoms with Gasteiger partial charge in [0.25, 0.3) is 0 Å². The van der Waals surface area contributed by atoms with Gasteiger partial charge in [-0.2, -0.15) is 0 Å². The van der Waals surface area contributed by atoms with Crippen molar-refractivity contribution in [1.82, 2.24) is 5.32 Å². The molecule has 0 bridgehead atoms. The number of nitrogens with one attached hydrogen (secondary N) is 1. The van der Waals surface area contributed by atoms with Gasteiger partial charge in [-0.25, -0.2) is 12.8 Å². The van der Waals surface area contributed by atoms with Crippen LogP contribution in [0.5, 0.6) is 0 Å². The second-order valence-electron chi connectivity index (χ2n) is 4.02. The quantitative estimate of drug-likeness (QED) is 0.810. The van der Waals surface area contributed by atoms with Crippen LogP contribution < -0.4 is 5.32 Å². The summed E-state index contributed by atoms with van der Waals surface area (Å²) in [4.78, 5) is 0.301. The van der Waals surface area contributed by atoms with Gasteiger partial charge in [0.1, 0.15) is 5.82 Å². The van der Waals surface area contributed by atoms with Gasteiger partial charge in [-0.05, 0) is 50.2 Å². The fraction of sp³-hybridized carbons (Fsp3) is 0.455. The smallest absolute Gasteiger partial charge is 0.181 e. The van der Waals surface area contributed by atoms with Gasteiger partial charge in [0.15, 0.2) is 9.84 Å².